The number of amides is 1. The number of nitrogens with one attached hydrogen (secondary N) is 1. The fraction of sp³-hybridized carbons (Fsp3) is 0.429. The molecule has 3 heterocycles. The minimum absolute atomic E-state index is 0. The summed E-state index contributed by atoms with van der Waals surface area (Å²) >= 11 is 0. The highest BCUT2D eigenvalue weighted by atomic mass is 19.3. The van der Waals surface area contributed by atoms with E-state index in [4.69, 9.17) is 0 Å². The number of ether oxygens (including phenoxy) is 2. The molecule has 1 amide bonds. The minimum Gasteiger partial charge on any atom is -0.395 e. The molecule has 1 aliphatic carbocycles. The van der Waals surface area contributed by atoms with Gasteiger partial charge in [0.25, 0.3) is 0 Å². The summed E-state index contributed by atoms with van der Waals surface area (Å²) in [6.45, 7) is 7.01. The van der Waals surface area contributed by atoms with E-state index >= 15 is 0 Å². The molecule has 3 aliphatic rings. The van der Waals surface area contributed by atoms with Crippen molar-refractivity contribution in [1.29, 1.82) is 0 Å². The van der Waals surface area contributed by atoms with Crippen LogP contribution in [0.1, 0.15) is 52.7 Å². The van der Waals surface area contributed by atoms with E-state index < -0.39 is 17.8 Å². The number of amidine groups is 1. The SMILES string of the molecule is CC(C)(C)c1cc2cc(NC(=O)C3(c4ccc5c(c4)OC(F)(F)O5)CC3)ccc2n1CC(O)CC1=NCN=N1.[HH]. The van der Waals surface area contributed by atoms with Crippen molar-refractivity contribution in [3.8, 4) is 11.5 Å². The highest BCUT2D eigenvalue weighted by molar-refractivity contribution is 6.02. The molecule has 6 rings (SSSR count). The van der Waals surface area contributed by atoms with Gasteiger partial charge in [-0.3, -0.25) is 4.79 Å². The van der Waals surface area contributed by atoms with Gasteiger partial charge in [0.1, 0.15) is 5.84 Å². The van der Waals surface area contributed by atoms with Gasteiger partial charge in [-0.1, -0.05) is 26.8 Å². The fourth-order valence-electron chi connectivity index (χ4n) is 5.29. The van der Waals surface area contributed by atoms with Crippen LogP contribution in [-0.2, 0) is 22.2 Å². The van der Waals surface area contributed by atoms with Crippen LogP contribution in [0, 0.1) is 0 Å². The van der Waals surface area contributed by atoms with Crippen LogP contribution in [0.2, 0.25) is 0 Å². The quantitative estimate of drug-likeness (QED) is 0.398. The number of carbonyl (C=O) groups is 1. The van der Waals surface area contributed by atoms with Gasteiger partial charge in [0.15, 0.2) is 18.2 Å². The third-order valence-electron chi connectivity index (χ3n) is 7.38. The van der Waals surface area contributed by atoms with E-state index in [0.29, 0.717) is 49.6 Å². The molecular formula is C28H31F2N5O4. The third kappa shape index (κ3) is 4.75. The van der Waals surface area contributed by atoms with Gasteiger partial charge in [0, 0.05) is 42.1 Å². The number of fused-ring (bicyclic) bond motifs is 2. The van der Waals surface area contributed by atoms with Gasteiger partial charge in [-0.25, -0.2) is 4.99 Å². The molecule has 2 aliphatic heterocycles. The average molecular weight is 540 g/mol. The summed E-state index contributed by atoms with van der Waals surface area (Å²) in [6, 6.07) is 12.3. The summed E-state index contributed by atoms with van der Waals surface area (Å²) in [5.41, 5.74) is 2.22. The molecule has 0 spiro atoms. The average Bonchev–Trinajstić information content (AvgIpc) is 3.18. The Kier molecular flexibility index (Phi) is 5.76. The molecule has 11 heteroatoms. The molecule has 1 fully saturated rings. The number of hydrogen-bond acceptors (Lipinski definition) is 7. The Morgan fingerprint density at radius 2 is 1.92 bits per heavy atom. The van der Waals surface area contributed by atoms with Crippen LogP contribution in [0.4, 0.5) is 14.5 Å². The maximum Gasteiger partial charge on any atom is 0.586 e. The van der Waals surface area contributed by atoms with Crippen molar-refractivity contribution >= 4 is 28.3 Å². The molecule has 2 N–H and O–H groups in total. The van der Waals surface area contributed by atoms with Crippen molar-refractivity contribution < 1.29 is 29.6 Å². The van der Waals surface area contributed by atoms with Crippen LogP contribution in [-0.4, -0.2) is 40.5 Å². The Balaban J connectivity index is 0.00000323. The Hall–Kier alpha value is -3.86. The first-order chi connectivity index (χ1) is 18.4. The minimum atomic E-state index is -3.70. The summed E-state index contributed by atoms with van der Waals surface area (Å²) in [7, 11) is 0. The van der Waals surface area contributed by atoms with Crippen LogP contribution in [0.3, 0.4) is 0 Å². The second kappa shape index (κ2) is 8.84. The maximum atomic E-state index is 13.5. The number of carbonyl (C=O) groups excluding carboxylic acids is 1. The van der Waals surface area contributed by atoms with Crippen molar-refractivity contribution in [3.05, 3.63) is 53.7 Å². The molecule has 3 aromatic rings. The lowest BCUT2D eigenvalue weighted by molar-refractivity contribution is -0.286. The molecule has 2 aromatic carbocycles. The van der Waals surface area contributed by atoms with E-state index in [1.165, 1.54) is 12.1 Å². The first-order valence-corrected chi connectivity index (χ1v) is 12.9. The van der Waals surface area contributed by atoms with E-state index in [1.807, 2.05) is 18.2 Å². The molecule has 1 unspecified atom stereocenters. The van der Waals surface area contributed by atoms with Crippen LogP contribution in [0.15, 0.2) is 57.7 Å². The number of halogens is 2. The number of hydrogen-bond donors (Lipinski definition) is 2. The van der Waals surface area contributed by atoms with Crippen molar-refractivity contribution in [3.63, 3.8) is 0 Å². The highest BCUT2D eigenvalue weighted by Gasteiger charge is 2.52. The number of aliphatic hydroxyl groups excluding tert-OH is 1. The lowest BCUT2D eigenvalue weighted by Gasteiger charge is -2.23. The zero-order valence-electron chi connectivity index (χ0n) is 21.9. The zero-order chi connectivity index (χ0) is 27.6. The standard InChI is InChI=1S/C28H29F2N5O4.H2/c1-26(2,3)23-11-16-10-18(5-6-20(16)35(23)14-19(36)13-24-31-15-32-34-24)33-25(37)27(8-9-27)17-4-7-21-22(12-17)39-28(29,30)38-21;/h4-7,10-12,19,36H,8-9,13-15H2,1-3H3,(H,33,37);1H. The van der Waals surface area contributed by atoms with Crippen molar-refractivity contribution in [2.75, 3.05) is 12.0 Å². The topological polar surface area (TPSA) is 110 Å². The van der Waals surface area contributed by atoms with Gasteiger partial charge in [0.2, 0.25) is 5.91 Å². The molecule has 1 saturated carbocycles. The number of aliphatic hydroxyl groups is 1. The Morgan fingerprint density at radius 1 is 1.15 bits per heavy atom. The molecule has 0 radical (unpaired) electrons. The highest BCUT2D eigenvalue weighted by Crippen LogP contribution is 2.52. The molecule has 39 heavy (non-hydrogen) atoms. The number of rotatable bonds is 7. The number of aliphatic imine (C=N–C) groups is 1. The summed E-state index contributed by atoms with van der Waals surface area (Å²) in [5.74, 6) is 0.228. The molecule has 9 nitrogen and oxygen atoms in total. The van der Waals surface area contributed by atoms with Crippen LogP contribution < -0.4 is 14.8 Å². The number of nitrogens with zero attached hydrogens (tertiary/aromatic N) is 4. The van der Waals surface area contributed by atoms with E-state index in [2.05, 4.69) is 61.4 Å². The monoisotopic (exact) mass is 539 g/mol. The number of aromatic nitrogens is 1. The summed E-state index contributed by atoms with van der Waals surface area (Å²) in [6.07, 6.45) is -2.87. The zero-order valence-corrected chi connectivity index (χ0v) is 21.9. The van der Waals surface area contributed by atoms with Crippen molar-refractivity contribution in [1.82, 2.24) is 4.57 Å². The van der Waals surface area contributed by atoms with E-state index in [9.17, 15) is 18.7 Å². The van der Waals surface area contributed by atoms with Crippen molar-refractivity contribution in [2.45, 2.75) is 69.8 Å². The second-order valence-electron chi connectivity index (χ2n) is 11.3. The Bertz CT molecular complexity index is 1540. The van der Waals surface area contributed by atoms with E-state index in [1.54, 1.807) is 6.07 Å². The number of azo groups is 1. The number of alkyl halides is 2. The molecule has 0 bridgehead atoms. The van der Waals surface area contributed by atoms with Gasteiger partial charge >= 0.3 is 6.29 Å². The van der Waals surface area contributed by atoms with Gasteiger partial charge in [-0.05, 0) is 54.8 Å². The third-order valence-corrected chi connectivity index (χ3v) is 7.38. The second-order valence-corrected chi connectivity index (χ2v) is 11.3. The summed E-state index contributed by atoms with van der Waals surface area (Å²) in [4.78, 5) is 17.6. The van der Waals surface area contributed by atoms with Crippen LogP contribution >= 0.6 is 0 Å². The Morgan fingerprint density at radius 3 is 2.62 bits per heavy atom. The largest absolute Gasteiger partial charge is 0.586 e. The Labute approximate surface area is 225 Å². The maximum absolute atomic E-state index is 13.5. The van der Waals surface area contributed by atoms with Gasteiger partial charge in [-0.2, -0.15) is 5.11 Å². The normalized spacial score (nSPS) is 19.3. The van der Waals surface area contributed by atoms with Gasteiger partial charge in [-0.15, -0.1) is 13.9 Å². The van der Waals surface area contributed by atoms with Crippen molar-refractivity contribution in [2.24, 2.45) is 15.2 Å². The predicted molar refractivity (Wildman–Crippen MR) is 143 cm³/mol. The smallest absolute Gasteiger partial charge is 0.395 e. The fourth-order valence-corrected chi connectivity index (χ4v) is 5.29. The van der Waals surface area contributed by atoms with Crippen LogP contribution in [0.5, 0.6) is 11.5 Å². The first-order valence-electron chi connectivity index (χ1n) is 12.9. The predicted octanol–water partition coefficient (Wildman–Crippen LogP) is 5.75. The first kappa shape index (κ1) is 25.4. The molecule has 1 aromatic heterocycles. The lowest BCUT2D eigenvalue weighted by Crippen LogP contribution is -2.28. The van der Waals surface area contributed by atoms with Gasteiger partial charge in [0.05, 0.1) is 11.5 Å². The van der Waals surface area contributed by atoms with E-state index in [0.717, 1.165) is 16.6 Å². The van der Waals surface area contributed by atoms with E-state index in [-0.39, 0.29) is 24.2 Å². The molecular weight excluding hydrogens is 508 g/mol. The van der Waals surface area contributed by atoms with Crippen LogP contribution in [0.25, 0.3) is 10.9 Å². The molecule has 1 atom stereocenters. The molecule has 206 valence electrons. The number of benzene rings is 2. The van der Waals surface area contributed by atoms with Gasteiger partial charge < -0.3 is 24.5 Å². The summed E-state index contributed by atoms with van der Waals surface area (Å²) in [5, 5.41) is 22.5. The summed E-state index contributed by atoms with van der Waals surface area (Å²) < 4.78 is 38.1. The number of anilines is 1. The lowest BCUT2D eigenvalue weighted by atomic mass is 9.92. The molecule has 0 saturated heterocycles.